The molecule has 2 aromatic rings. The summed E-state index contributed by atoms with van der Waals surface area (Å²) in [4.78, 5) is 52.6. The van der Waals surface area contributed by atoms with E-state index in [0.717, 1.165) is 0 Å². The summed E-state index contributed by atoms with van der Waals surface area (Å²) in [6.45, 7) is 0. The smallest absolute Gasteiger partial charge is 0.256 e. The van der Waals surface area contributed by atoms with Gasteiger partial charge in [-0.15, -0.1) is 0 Å². The van der Waals surface area contributed by atoms with Crippen LogP contribution < -0.4 is 5.73 Å². The van der Waals surface area contributed by atoms with Crippen molar-refractivity contribution < 1.29 is 39.6 Å². The van der Waals surface area contributed by atoms with Crippen LogP contribution in [0.3, 0.4) is 0 Å². The molecule has 3 aliphatic carbocycles. The number of phenolic OH excluding ortho intramolecular Hbond substituents is 1. The fourth-order valence-corrected chi connectivity index (χ4v) is 6.38. The van der Waals surface area contributed by atoms with Gasteiger partial charge in [-0.3, -0.25) is 19.3 Å². The Bertz CT molecular complexity index is 1560. The van der Waals surface area contributed by atoms with Crippen molar-refractivity contribution in [3.05, 3.63) is 69.3 Å². The SMILES string of the molecule is CN(C)[C@@H]1C(=O)C(C(N)=O)=C(O)[C@@]2(O)C(=O)C3=C(O)c4c(O)ccc(-c5cccc([N+](C)=O)c5)c4C[C@H]3C[C@@H]12. The van der Waals surface area contributed by atoms with Crippen LogP contribution in [0.25, 0.3) is 16.9 Å². The number of carbonyl (C=O) groups is 3. The Morgan fingerprint density at radius 2 is 1.82 bits per heavy atom. The minimum atomic E-state index is -2.69. The van der Waals surface area contributed by atoms with E-state index in [0.29, 0.717) is 27.1 Å². The van der Waals surface area contributed by atoms with Crippen molar-refractivity contribution >= 4 is 28.9 Å². The topological polar surface area (TPSA) is 181 Å². The molecule has 0 spiro atoms. The van der Waals surface area contributed by atoms with E-state index in [-0.39, 0.29) is 29.7 Å². The standard InChI is InChI=1S/C28H27N3O8/c1-30(2)22-17-11-13-10-16-15(12-5-4-6-14(9-12)31(3)39)7-8-18(32)20(16)23(33)19(13)25(35)28(17,38)26(36)21(24(22)34)27(29)37/h4-9,13,17,22,38H,10-11H2,1-3H3,(H4-,29,32,33,34,35,36,37)/p+1/t13-,17-,22-,28-/m0/s1. The Hall–Kier alpha value is -4.35. The predicted molar refractivity (Wildman–Crippen MR) is 139 cm³/mol. The van der Waals surface area contributed by atoms with E-state index >= 15 is 0 Å². The quantitative estimate of drug-likeness (QED) is 0.288. The molecule has 1 saturated carbocycles. The first-order valence-electron chi connectivity index (χ1n) is 12.3. The van der Waals surface area contributed by atoms with Crippen molar-refractivity contribution in [2.75, 3.05) is 21.1 Å². The van der Waals surface area contributed by atoms with Crippen LogP contribution in [0.5, 0.6) is 5.75 Å². The molecule has 3 aliphatic rings. The first kappa shape index (κ1) is 26.3. The van der Waals surface area contributed by atoms with Gasteiger partial charge < -0.3 is 26.2 Å². The first-order chi connectivity index (χ1) is 18.3. The van der Waals surface area contributed by atoms with E-state index in [1.165, 1.54) is 18.0 Å². The first-order valence-corrected chi connectivity index (χ1v) is 12.3. The van der Waals surface area contributed by atoms with Gasteiger partial charge >= 0.3 is 0 Å². The van der Waals surface area contributed by atoms with Crippen LogP contribution >= 0.6 is 0 Å². The molecule has 5 rings (SSSR count). The molecule has 0 heterocycles. The predicted octanol–water partition coefficient (Wildman–Crippen LogP) is 1.67. The molecule has 0 unspecified atom stereocenters. The Morgan fingerprint density at radius 1 is 1.13 bits per heavy atom. The summed E-state index contributed by atoms with van der Waals surface area (Å²) in [5, 5.41) is 44.7. The van der Waals surface area contributed by atoms with Gasteiger partial charge in [0.25, 0.3) is 11.6 Å². The van der Waals surface area contributed by atoms with E-state index in [4.69, 9.17) is 5.73 Å². The van der Waals surface area contributed by atoms with Crippen LogP contribution in [0.2, 0.25) is 0 Å². The lowest BCUT2D eigenvalue weighted by molar-refractivity contribution is -0.428. The highest BCUT2D eigenvalue weighted by molar-refractivity contribution is 6.24. The van der Waals surface area contributed by atoms with Crippen LogP contribution in [-0.4, -0.2) is 80.3 Å². The number of nitroso groups, excluding NO2 is 1. The number of primary amides is 1. The number of hydrogen-bond donors (Lipinski definition) is 5. The number of carbonyl (C=O) groups excluding carboxylic acids is 3. The zero-order valence-corrected chi connectivity index (χ0v) is 21.5. The molecule has 0 saturated heterocycles. The number of benzene rings is 2. The van der Waals surface area contributed by atoms with Crippen LogP contribution in [-0.2, 0) is 20.8 Å². The highest BCUT2D eigenvalue weighted by atomic mass is 16.3. The number of fused-ring (bicyclic) bond motifs is 3. The zero-order chi connectivity index (χ0) is 28.5. The number of hydrogen-bond acceptors (Lipinski definition) is 9. The van der Waals surface area contributed by atoms with E-state index in [1.807, 2.05) is 0 Å². The van der Waals surface area contributed by atoms with Gasteiger partial charge in [0.15, 0.2) is 18.4 Å². The molecule has 0 aliphatic heterocycles. The minimum Gasteiger partial charge on any atom is -0.508 e. The molecular formula is C28H28N3O8+. The fourth-order valence-electron chi connectivity index (χ4n) is 6.38. The molecule has 202 valence electrons. The normalized spacial score (nSPS) is 26.3. The van der Waals surface area contributed by atoms with Gasteiger partial charge in [0.2, 0.25) is 5.78 Å². The summed E-state index contributed by atoms with van der Waals surface area (Å²) in [5.41, 5.74) is 3.75. The molecule has 6 N–H and O–H groups in total. The fraction of sp³-hybridized carbons (Fsp3) is 0.321. The third kappa shape index (κ3) is 3.61. The van der Waals surface area contributed by atoms with Crippen molar-refractivity contribution in [3.8, 4) is 16.9 Å². The largest absolute Gasteiger partial charge is 0.508 e. The van der Waals surface area contributed by atoms with Crippen LogP contribution in [0.15, 0.2) is 53.3 Å². The Balaban J connectivity index is 1.73. The van der Waals surface area contributed by atoms with Crippen LogP contribution in [0, 0.1) is 16.7 Å². The molecule has 4 atom stereocenters. The van der Waals surface area contributed by atoms with E-state index in [9.17, 15) is 39.7 Å². The molecule has 0 aromatic heterocycles. The summed E-state index contributed by atoms with van der Waals surface area (Å²) < 4.78 is 0.703. The summed E-state index contributed by atoms with van der Waals surface area (Å²) in [7, 11) is 4.45. The van der Waals surface area contributed by atoms with Gasteiger partial charge in [-0.1, -0.05) is 18.2 Å². The van der Waals surface area contributed by atoms with Gasteiger partial charge in [-0.2, -0.15) is 0 Å². The Morgan fingerprint density at radius 3 is 2.44 bits per heavy atom. The number of aliphatic hydroxyl groups excluding tert-OH is 2. The lowest BCUT2D eigenvalue weighted by Crippen LogP contribution is -2.65. The lowest BCUT2D eigenvalue weighted by atomic mass is 9.57. The van der Waals surface area contributed by atoms with Crippen molar-refractivity contribution in [2.45, 2.75) is 24.5 Å². The minimum absolute atomic E-state index is 0.00956. The number of rotatable bonds is 4. The van der Waals surface area contributed by atoms with Gasteiger partial charge in [0.1, 0.15) is 22.8 Å². The highest BCUT2D eigenvalue weighted by Crippen LogP contribution is 2.53. The number of aliphatic hydroxyl groups is 3. The second-order valence-corrected chi connectivity index (χ2v) is 10.5. The maximum absolute atomic E-state index is 13.9. The number of nitrogens with zero attached hydrogens (tertiary/aromatic N) is 2. The molecule has 1 fully saturated rings. The van der Waals surface area contributed by atoms with Gasteiger partial charge in [-0.25, -0.2) is 0 Å². The maximum Gasteiger partial charge on any atom is 0.256 e. The van der Waals surface area contributed by atoms with E-state index < -0.39 is 58.0 Å². The van der Waals surface area contributed by atoms with Crippen LogP contribution in [0.1, 0.15) is 17.5 Å². The second kappa shape index (κ2) is 8.85. The molecule has 1 amide bonds. The maximum atomic E-state index is 13.9. The average molecular weight is 535 g/mol. The van der Waals surface area contributed by atoms with Gasteiger partial charge in [0, 0.05) is 33.3 Å². The van der Waals surface area contributed by atoms with Gasteiger partial charge in [0.05, 0.1) is 11.6 Å². The van der Waals surface area contributed by atoms with Crippen molar-refractivity contribution in [2.24, 2.45) is 17.6 Å². The number of phenols is 1. The van der Waals surface area contributed by atoms with Crippen molar-refractivity contribution in [3.63, 3.8) is 0 Å². The third-order valence-corrected chi connectivity index (χ3v) is 8.12. The highest BCUT2D eigenvalue weighted by Gasteiger charge is 2.64. The van der Waals surface area contributed by atoms with Crippen LogP contribution in [0.4, 0.5) is 5.69 Å². The zero-order valence-electron chi connectivity index (χ0n) is 21.5. The molecule has 39 heavy (non-hydrogen) atoms. The number of nitrogens with two attached hydrogens (primary N) is 1. The monoisotopic (exact) mass is 534 g/mol. The van der Waals surface area contributed by atoms with Crippen molar-refractivity contribution in [1.29, 1.82) is 0 Å². The van der Waals surface area contributed by atoms with E-state index in [1.54, 1.807) is 44.4 Å². The Labute approximate surface area is 223 Å². The molecule has 0 bridgehead atoms. The lowest BCUT2D eigenvalue weighted by Gasteiger charge is -2.50. The number of aromatic hydroxyl groups is 1. The average Bonchev–Trinajstić information content (AvgIpc) is 2.86. The summed E-state index contributed by atoms with van der Waals surface area (Å²) in [5.74, 6) is -7.02. The summed E-state index contributed by atoms with van der Waals surface area (Å²) in [6.07, 6.45) is 0.139. The molecule has 0 radical (unpaired) electrons. The molecule has 11 heteroatoms. The van der Waals surface area contributed by atoms with Crippen molar-refractivity contribution in [1.82, 2.24) is 4.90 Å². The van der Waals surface area contributed by atoms with Gasteiger partial charge in [-0.05, 0) is 55.6 Å². The molecular weight excluding hydrogens is 506 g/mol. The number of Topliss-reactive ketones (excluding diaryl/α,β-unsaturated/α-hetero) is 2. The number of amides is 1. The van der Waals surface area contributed by atoms with E-state index in [2.05, 4.69) is 0 Å². The second-order valence-electron chi connectivity index (χ2n) is 10.5. The number of likely N-dealkylation sites (N-methyl/N-ethyl adjacent to an activating group) is 1. The third-order valence-electron chi connectivity index (χ3n) is 8.12. The summed E-state index contributed by atoms with van der Waals surface area (Å²) >= 11 is 0. The summed E-state index contributed by atoms with van der Waals surface area (Å²) in [6, 6.07) is 8.63. The number of ketones is 2. The molecule has 2 aromatic carbocycles. The molecule has 11 nitrogen and oxygen atoms in total. The Kier molecular flexibility index (Phi) is 5.96.